The molecule has 0 saturated carbocycles. The molecule has 0 unspecified atom stereocenters. The molecule has 3 rings (SSSR count). The van der Waals surface area contributed by atoms with Gasteiger partial charge in [0, 0.05) is 0 Å². The molecule has 6 heteroatoms. The molecule has 0 saturated heterocycles. The topological polar surface area (TPSA) is 40.1 Å². The molecule has 0 fully saturated rings. The van der Waals surface area contributed by atoms with Crippen molar-refractivity contribution in [3.05, 3.63) is 89.5 Å². The largest absolute Gasteiger partial charge is 0.542 e. The fourth-order valence-corrected chi connectivity index (χ4v) is 5.03. The van der Waals surface area contributed by atoms with Crippen LogP contribution in [0.5, 0.6) is 0 Å². The highest BCUT2D eigenvalue weighted by Crippen LogP contribution is 2.32. The molecule has 0 amide bonds. The third-order valence-electron chi connectivity index (χ3n) is 4.93. The van der Waals surface area contributed by atoms with Gasteiger partial charge in [-0.15, -0.1) is 0 Å². The second kappa shape index (κ2) is 11.8. The van der Waals surface area contributed by atoms with E-state index in [0.29, 0.717) is 0 Å². The van der Waals surface area contributed by atoms with Crippen LogP contribution in [0, 0.1) is 0 Å². The minimum atomic E-state index is -5.19. The quantitative estimate of drug-likeness (QED) is 0.438. The number of hydrogen-bond donors (Lipinski definition) is 0. The van der Waals surface area contributed by atoms with E-state index in [9.17, 15) is 13.2 Å². The maximum Gasteiger partial charge on any atom is 0.430 e. The lowest BCUT2D eigenvalue weighted by atomic mass is 10.2. The van der Waals surface area contributed by atoms with Crippen LogP contribution in [0.15, 0.2) is 87.5 Å². The normalized spacial score (nSPS) is 11.1. The summed E-state index contributed by atoms with van der Waals surface area (Å²) in [6, 6.07) is 27.5. The molecule has 170 valence electrons. The Morgan fingerprint density at radius 2 is 0.875 bits per heavy atom. The first-order chi connectivity index (χ1) is 15.2. The van der Waals surface area contributed by atoms with Gasteiger partial charge in [-0.25, -0.2) is 0 Å². The van der Waals surface area contributed by atoms with E-state index in [1.807, 2.05) is 0 Å². The lowest BCUT2D eigenvalue weighted by Gasteiger charge is -2.10. The van der Waals surface area contributed by atoms with Crippen LogP contribution in [0.2, 0.25) is 0 Å². The third-order valence-corrected chi connectivity index (χ3v) is 7.16. The molecule has 0 radical (unpaired) electrons. The Labute approximate surface area is 190 Å². The number of carbonyl (C=O) groups excluding carboxylic acids is 1. The number of carbonyl (C=O) groups is 1. The minimum Gasteiger partial charge on any atom is -0.542 e. The van der Waals surface area contributed by atoms with Crippen molar-refractivity contribution < 1.29 is 23.1 Å². The van der Waals surface area contributed by atoms with Crippen LogP contribution in [0.3, 0.4) is 0 Å². The summed E-state index contributed by atoms with van der Waals surface area (Å²) >= 11 is 0. The molecule has 0 aliphatic rings. The Hall–Kier alpha value is -2.73. The van der Waals surface area contributed by atoms with Crippen LogP contribution in [0.25, 0.3) is 0 Å². The highest BCUT2D eigenvalue weighted by Gasteiger charge is 2.29. The summed E-state index contributed by atoms with van der Waals surface area (Å²) in [5, 5.41) is 8.78. The van der Waals surface area contributed by atoms with Gasteiger partial charge in [0.2, 0.25) is 0 Å². The highest BCUT2D eigenvalue weighted by atomic mass is 32.2. The predicted octanol–water partition coefficient (Wildman–Crippen LogP) is 5.77. The van der Waals surface area contributed by atoms with Gasteiger partial charge in [0.05, 0.1) is 10.9 Å². The van der Waals surface area contributed by atoms with Crippen molar-refractivity contribution in [2.45, 2.75) is 60.9 Å². The first kappa shape index (κ1) is 25.5. The van der Waals surface area contributed by atoms with Crippen molar-refractivity contribution in [2.75, 3.05) is 0 Å². The first-order valence-electron chi connectivity index (χ1n) is 10.5. The van der Waals surface area contributed by atoms with Crippen molar-refractivity contribution in [2.24, 2.45) is 0 Å². The van der Waals surface area contributed by atoms with Gasteiger partial charge in [0.25, 0.3) is 0 Å². The van der Waals surface area contributed by atoms with E-state index >= 15 is 0 Å². The summed E-state index contributed by atoms with van der Waals surface area (Å²) in [5.74, 6) is -3.01. The van der Waals surface area contributed by atoms with E-state index in [-0.39, 0.29) is 10.9 Å². The van der Waals surface area contributed by atoms with E-state index in [0.717, 1.165) is 19.3 Å². The average Bonchev–Trinajstić information content (AvgIpc) is 2.80. The number of carboxylic acid groups (broad SMARTS) is 1. The monoisotopic (exact) mass is 460 g/mol. The molecular formula is C26H27F3O2S. The number of aryl methyl sites for hydroxylation is 3. The summed E-state index contributed by atoms with van der Waals surface area (Å²) in [6.07, 6.45) is -1.93. The summed E-state index contributed by atoms with van der Waals surface area (Å²) in [5.41, 5.74) is 4.19. The number of hydrogen-bond acceptors (Lipinski definition) is 2. The van der Waals surface area contributed by atoms with Crippen molar-refractivity contribution in [3.63, 3.8) is 0 Å². The Morgan fingerprint density at radius 3 is 1.03 bits per heavy atom. The fourth-order valence-electron chi connectivity index (χ4n) is 2.99. The smallest absolute Gasteiger partial charge is 0.430 e. The number of alkyl halides is 3. The summed E-state index contributed by atoms with van der Waals surface area (Å²) < 4.78 is 31.5. The molecule has 0 N–H and O–H groups in total. The molecular weight excluding hydrogens is 433 g/mol. The van der Waals surface area contributed by atoms with E-state index in [2.05, 4.69) is 93.6 Å². The second-order valence-electron chi connectivity index (χ2n) is 7.08. The van der Waals surface area contributed by atoms with Gasteiger partial charge in [-0.2, -0.15) is 13.2 Å². The molecule has 0 heterocycles. The van der Waals surface area contributed by atoms with Gasteiger partial charge in [0.15, 0.2) is 14.7 Å². The maximum absolute atomic E-state index is 10.5. The highest BCUT2D eigenvalue weighted by molar-refractivity contribution is 7.97. The average molecular weight is 461 g/mol. The molecule has 0 bridgehead atoms. The SMILES string of the molecule is CCc1ccc([S+](c2ccc(CC)cc2)c2ccc(CC)cc2)cc1.O=C([O-])C(F)(F)F. The number of aliphatic carboxylic acids is 1. The molecule has 0 aromatic heterocycles. The second-order valence-corrected chi connectivity index (χ2v) is 9.11. The zero-order chi connectivity index (χ0) is 23.7. The van der Waals surface area contributed by atoms with Gasteiger partial charge in [-0.3, -0.25) is 0 Å². The maximum atomic E-state index is 10.5. The molecule has 0 atom stereocenters. The van der Waals surface area contributed by atoms with Crippen molar-refractivity contribution in [1.29, 1.82) is 0 Å². The lowest BCUT2D eigenvalue weighted by Crippen LogP contribution is -2.37. The van der Waals surface area contributed by atoms with Crippen LogP contribution in [0.1, 0.15) is 37.5 Å². The third kappa shape index (κ3) is 7.16. The molecule has 0 aliphatic heterocycles. The van der Waals surface area contributed by atoms with Gasteiger partial charge >= 0.3 is 6.18 Å². The molecule has 3 aromatic rings. The fraction of sp³-hybridized carbons (Fsp3) is 0.269. The van der Waals surface area contributed by atoms with Gasteiger partial charge in [-0.1, -0.05) is 57.2 Å². The van der Waals surface area contributed by atoms with Crippen LogP contribution < -0.4 is 5.11 Å². The van der Waals surface area contributed by atoms with Gasteiger partial charge in [0.1, 0.15) is 5.97 Å². The number of rotatable bonds is 6. The lowest BCUT2D eigenvalue weighted by molar-refractivity contribution is -0.344. The van der Waals surface area contributed by atoms with Crippen molar-refractivity contribution in [1.82, 2.24) is 0 Å². The zero-order valence-corrected chi connectivity index (χ0v) is 19.2. The van der Waals surface area contributed by atoms with E-state index in [4.69, 9.17) is 9.90 Å². The summed E-state index contributed by atoms with van der Waals surface area (Å²) in [7, 11) is -0.0454. The Balaban J connectivity index is 0.000000451. The van der Waals surface area contributed by atoms with Crippen LogP contribution in [0.4, 0.5) is 13.2 Å². The number of halogens is 3. The molecule has 3 aromatic carbocycles. The number of benzene rings is 3. The molecule has 0 aliphatic carbocycles. The molecule has 2 nitrogen and oxygen atoms in total. The van der Waals surface area contributed by atoms with Gasteiger partial charge < -0.3 is 9.90 Å². The van der Waals surface area contributed by atoms with Gasteiger partial charge in [-0.05, 0) is 72.4 Å². The predicted molar refractivity (Wildman–Crippen MR) is 121 cm³/mol. The Morgan fingerprint density at radius 1 is 0.656 bits per heavy atom. The van der Waals surface area contributed by atoms with Crippen LogP contribution in [-0.2, 0) is 35.0 Å². The van der Waals surface area contributed by atoms with E-state index in [1.54, 1.807) is 0 Å². The number of carboxylic acids is 1. The standard InChI is InChI=1S/C24H27S.C2HF3O2/c1-4-19-7-13-22(14-8-19)25(23-15-9-20(5-2)10-16-23)24-17-11-21(6-3)12-18-24;3-2(4,5)1(6)7/h7-18H,4-6H2,1-3H3;(H,6,7)/q+1;/p-1. The summed E-state index contributed by atoms with van der Waals surface area (Å²) in [4.78, 5) is 13.0. The zero-order valence-electron chi connectivity index (χ0n) is 18.4. The Kier molecular flexibility index (Phi) is 9.39. The molecule has 0 spiro atoms. The van der Waals surface area contributed by atoms with Crippen LogP contribution >= 0.6 is 0 Å². The minimum absolute atomic E-state index is 0.0454. The Bertz CT molecular complexity index is 867. The summed E-state index contributed by atoms with van der Waals surface area (Å²) in [6.45, 7) is 6.63. The van der Waals surface area contributed by atoms with Crippen molar-refractivity contribution >= 4 is 16.9 Å². The first-order valence-corrected chi connectivity index (χ1v) is 11.7. The molecule has 32 heavy (non-hydrogen) atoms. The van der Waals surface area contributed by atoms with Crippen LogP contribution in [-0.4, -0.2) is 12.1 Å². The van der Waals surface area contributed by atoms with E-state index in [1.165, 1.54) is 31.4 Å². The van der Waals surface area contributed by atoms with E-state index < -0.39 is 12.1 Å². The van der Waals surface area contributed by atoms with Crippen molar-refractivity contribution in [3.8, 4) is 0 Å².